The Hall–Kier alpha value is -2.69. The van der Waals surface area contributed by atoms with Gasteiger partial charge in [-0.25, -0.2) is 4.79 Å². The van der Waals surface area contributed by atoms with Crippen molar-refractivity contribution >= 4 is 16.9 Å². The lowest BCUT2D eigenvalue weighted by Gasteiger charge is -2.03. The maximum absolute atomic E-state index is 11.3. The summed E-state index contributed by atoms with van der Waals surface area (Å²) >= 11 is 0. The van der Waals surface area contributed by atoms with Crippen molar-refractivity contribution in [2.45, 2.75) is 26.8 Å². The van der Waals surface area contributed by atoms with Gasteiger partial charge in [0.25, 0.3) is 0 Å². The number of carbonyl (C=O) groups is 1. The molecule has 0 fully saturated rings. The van der Waals surface area contributed by atoms with E-state index in [-0.39, 0.29) is 5.56 Å². The first kappa shape index (κ1) is 14.3. The summed E-state index contributed by atoms with van der Waals surface area (Å²) in [6.07, 6.45) is 3.57. The number of hydrogen-bond acceptors (Lipinski definition) is 3. The molecule has 5 heteroatoms. The number of aromatic nitrogens is 3. The van der Waals surface area contributed by atoms with Gasteiger partial charge < -0.3 is 5.11 Å². The second-order valence-corrected chi connectivity index (χ2v) is 5.30. The third kappa shape index (κ3) is 2.45. The predicted octanol–water partition coefficient (Wildman–Crippen LogP) is 3.05. The highest BCUT2D eigenvalue weighted by Gasteiger charge is 2.15. The van der Waals surface area contributed by atoms with Crippen LogP contribution in [0, 0.1) is 6.92 Å². The van der Waals surface area contributed by atoms with Gasteiger partial charge in [0.2, 0.25) is 0 Å². The van der Waals surface area contributed by atoms with Gasteiger partial charge in [0.1, 0.15) is 0 Å². The molecular formula is C17H17N3O2. The Bertz CT molecular complexity index is 852. The van der Waals surface area contributed by atoms with E-state index < -0.39 is 5.97 Å². The molecule has 0 saturated heterocycles. The van der Waals surface area contributed by atoms with Crippen molar-refractivity contribution in [3.8, 4) is 0 Å². The molecule has 0 spiro atoms. The molecule has 0 atom stereocenters. The van der Waals surface area contributed by atoms with Gasteiger partial charge in [0.15, 0.2) is 0 Å². The lowest BCUT2D eigenvalue weighted by molar-refractivity contribution is 0.0695. The zero-order valence-electron chi connectivity index (χ0n) is 12.6. The van der Waals surface area contributed by atoms with Gasteiger partial charge in [-0.2, -0.15) is 5.10 Å². The third-order valence-corrected chi connectivity index (χ3v) is 3.77. The molecule has 0 unspecified atom stereocenters. The SMILES string of the molecule is CCn1nc(Cc2cnccc2C(=O)O)c2cc(C)ccc21. The van der Waals surface area contributed by atoms with Crippen LogP contribution in [0.1, 0.15) is 34.1 Å². The highest BCUT2D eigenvalue weighted by Crippen LogP contribution is 2.23. The first-order chi connectivity index (χ1) is 10.6. The fourth-order valence-electron chi connectivity index (χ4n) is 2.69. The number of pyridine rings is 1. The van der Waals surface area contributed by atoms with Crippen molar-refractivity contribution in [3.63, 3.8) is 0 Å². The quantitative estimate of drug-likeness (QED) is 0.803. The number of benzene rings is 1. The van der Waals surface area contributed by atoms with E-state index in [0.717, 1.165) is 28.7 Å². The third-order valence-electron chi connectivity index (χ3n) is 3.77. The molecule has 3 aromatic rings. The molecule has 0 aliphatic carbocycles. The molecule has 5 nitrogen and oxygen atoms in total. The van der Waals surface area contributed by atoms with Crippen molar-refractivity contribution in [1.82, 2.24) is 14.8 Å². The summed E-state index contributed by atoms with van der Waals surface area (Å²) in [6.45, 7) is 4.86. The average molecular weight is 295 g/mol. The molecule has 2 aromatic heterocycles. The van der Waals surface area contributed by atoms with E-state index in [4.69, 9.17) is 0 Å². The molecule has 1 N–H and O–H groups in total. The summed E-state index contributed by atoms with van der Waals surface area (Å²) < 4.78 is 1.95. The maximum Gasteiger partial charge on any atom is 0.336 e. The monoisotopic (exact) mass is 295 g/mol. The largest absolute Gasteiger partial charge is 0.478 e. The van der Waals surface area contributed by atoms with Crippen LogP contribution in [0.5, 0.6) is 0 Å². The topological polar surface area (TPSA) is 68.0 Å². The lowest BCUT2D eigenvalue weighted by Crippen LogP contribution is -2.04. The van der Waals surface area contributed by atoms with E-state index in [1.807, 2.05) is 18.5 Å². The number of fused-ring (bicyclic) bond motifs is 1. The fraction of sp³-hybridized carbons (Fsp3) is 0.235. The summed E-state index contributed by atoms with van der Waals surface area (Å²) in [4.78, 5) is 15.4. The summed E-state index contributed by atoms with van der Waals surface area (Å²) in [5.41, 5.74) is 4.08. The van der Waals surface area contributed by atoms with Gasteiger partial charge in [-0.15, -0.1) is 0 Å². The van der Waals surface area contributed by atoms with Crippen LogP contribution in [0.15, 0.2) is 36.7 Å². The highest BCUT2D eigenvalue weighted by atomic mass is 16.4. The van der Waals surface area contributed by atoms with E-state index in [0.29, 0.717) is 12.0 Å². The Morgan fingerprint density at radius 1 is 1.32 bits per heavy atom. The molecule has 22 heavy (non-hydrogen) atoms. The average Bonchev–Trinajstić information content (AvgIpc) is 2.85. The minimum Gasteiger partial charge on any atom is -0.478 e. The van der Waals surface area contributed by atoms with E-state index >= 15 is 0 Å². The maximum atomic E-state index is 11.3. The van der Waals surface area contributed by atoms with Crippen LogP contribution in [0.3, 0.4) is 0 Å². The molecule has 0 radical (unpaired) electrons. The van der Waals surface area contributed by atoms with E-state index in [1.165, 1.54) is 12.3 Å². The van der Waals surface area contributed by atoms with Crippen molar-refractivity contribution in [3.05, 3.63) is 59.0 Å². The Kier molecular flexibility index (Phi) is 3.63. The Balaban J connectivity index is 2.12. The molecule has 0 aliphatic rings. The van der Waals surface area contributed by atoms with Crippen molar-refractivity contribution in [2.75, 3.05) is 0 Å². The molecule has 0 saturated carbocycles. The predicted molar refractivity (Wildman–Crippen MR) is 84.1 cm³/mol. The number of nitrogens with zero attached hydrogens (tertiary/aromatic N) is 3. The van der Waals surface area contributed by atoms with Crippen LogP contribution in [0.25, 0.3) is 10.9 Å². The van der Waals surface area contributed by atoms with Gasteiger partial charge in [0, 0.05) is 30.7 Å². The Morgan fingerprint density at radius 3 is 2.86 bits per heavy atom. The van der Waals surface area contributed by atoms with Crippen molar-refractivity contribution in [1.29, 1.82) is 0 Å². The second-order valence-electron chi connectivity index (χ2n) is 5.30. The molecule has 112 valence electrons. The first-order valence-corrected chi connectivity index (χ1v) is 7.22. The number of hydrogen-bond donors (Lipinski definition) is 1. The zero-order chi connectivity index (χ0) is 15.7. The van der Waals surface area contributed by atoms with Crippen LogP contribution >= 0.6 is 0 Å². The standard InChI is InChI=1S/C17H17N3O2/c1-3-20-16-5-4-11(2)8-14(16)15(19-20)9-12-10-18-7-6-13(12)17(21)22/h4-8,10H,3,9H2,1-2H3,(H,21,22). The summed E-state index contributed by atoms with van der Waals surface area (Å²) in [7, 11) is 0. The number of aromatic carboxylic acids is 1. The molecule has 2 heterocycles. The smallest absolute Gasteiger partial charge is 0.336 e. The van der Waals surface area contributed by atoms with Crippen LogP contribution in [0.2, 0.25) is 0 Å². The molecule has 0 aliphatic heterocycles. The normalized spacial score (nSPS) is 11.0. The van der Waals surface area contributed by atoms with Crippen molar-refractivity contribution < 1.29 is 9.90 Å². The Morgan fingerprint density at radius 2 is 2.14 bits per heavy atom. The number of rotatable bonds is 4. The van der Waals surface area contributed by atoms with Crippen LogP contribution < -0.4 is 0 Å². The molecule has 3 rings (SSSR count). The Labute approximate surface area is 128 Å². The van der Waals surface area contributed by atoms with Crippen LogP contribution in [0.4, 0.5) is 0 Å². The van der Waals surface area contributed by atoms with E-state index in [9.17, 15) is 9.90 Å². The number of aryl methyl sites for hydroxylation is 2. The minimum absolute atomic E-state index is 0.279. The summed E-state index contributed by atoms with van der Waals surface area (Å²) in [5.74, 6) is -0.937. The van der Waals surface area contributed by atoms with Crippen LogP contribution in [-0.4, -0.2) is 25.8 Å². The molecule has 1 aromatic carbocycles. The molecule has 0 bridgehead atoms. The lowest BCUT2D eigenvalue weighted by atomic mass is 10.0. The zero-order valence-corrected chi connectivity index (χ0v) is 12.6. The first-order valence-electron chi connectivity index (χ1n) is 7.22. The van der Waals surface area contributed by atoms with E-state index in [1.54, 1.807) is 6.20 Å². The van der Waals surface area contributed by atoms with Gasteiger partial charge in [-0.3, -0.25) is 9.67 Å². The minimum atomic E-state index is -0.937. The summed E-state index contributed by atoms with van der Waals surface area (Å²) in [5, 5.41) is 15.0. The molecule has 0 amide bonds. The van der Waals surface area contributed by atoms with Crippen molar-refractivity contribution in [2.24, 2.45) is 0 Å². The van der Waals surface area contributed by atoms with Crippen LogP contribution in [-0.2, 0) is 13.0 Å². The fourth-order valence-corrected chi connectivity index (χ4v) is 2.69. The van der Waals surface area contributed by atoms with Gasteiger partial charge in [-0.05, 0) is 37.6 Å². The second kappa shape index (κ2) is 5.60. The number of carboxylic acid groups (broad SMARTS) is 1. The van der Waals surface area contributed by atoms with E-state index in [2.05, 4.69) is 28.3 Å². The highest BCUT2D eigenvalue weighted by molar-refractivity contribution is 5.90. The van der Waals surface area contributed by atoms with Gasteiger partial charge in [-0.1, -0.05) is 11.6 Å². The summed E-state index contributed by atoms with van der Waals surface area (Å²) in [6, 6.07) is 7.75. The number of carboxylic acids is 1. The molecular weight excluding hydrogens is 278 g/mol. The van der Waals surface area contributed by atoms with Gasteiger partial charge in [0.05, 0.1) is 16.8 Å². The van der Waals surface area contributed by atoms with Gasteiger partial charge >= 0.3 is 5.97 Å².